The molecule has 0 amide bonds. The molecule has 3 heterocycles. The third kappa shape index (κ3) is 5.07. The molecule has 8 aromatic rings. The number of amidine groups is 2. The number of rotatable bonds is 5. The second-order valence-corrected chi connectivity index (χ2v) is 14.4. The van der Waals surface area contributed by atoms with Gasteiger partial charge >= 0.3 is 0 Å². The van der Waals surface area contributed by atoms with Crippen LogP contribution in [0.2, 0.25) is 0 Å². The maximum atomic E-state index is 6.89. The lowest BCUT2D eigenvalue weighted by Crippen LogP contribution is -2.34. The summed E-state index contributed by atoms with van der Waals surface area (Å²) in [5.41, 5.74) is 14.4. The average molecular weight is 698 g/mol. The normalized spacial score (nSPS) is 16.6. The molecule has 1 N–H and O–H groups in total. The quantitative estimate of drug-likeness (QED) is 0.195. The Morgan fingerprint density at radius 2 is 1.24 bits per heavy atom. The number of nitrogens with one attached hydrogen (secondary N) is 1. The lowest BCUT2D eigenvalue weighted by molar-refractivity contribution is 0.621. The minimum atomic E-state index is -0.214. The fourth-order valence-electron chi connectivity index (χ4n) is 8.50. The van der Waals surface area contributed by atoms with Gasteiger partial charge in [-0.3, -0.25) is 0 Å². The summed E-state index contributed by atoms with van der Waals surface area (Å²) in [7, 11) is 0. The Labute approximate surface area is 312 Å². The van der Waals surface area contributed by atoms with E-state index in [4.69, 9.17) is 18.8 Å². The predicted molar refractivity (Wildman–Crippen MR) is 220 cm³/mol. The van der Waals surface area contributed by atoms with Crippen LogP contribution in [0.3, 0.4) is 0 Å². The molecule has 1 unspecified atom stereocenters. The van der Waals surface area contributed by atoms with Gasteiger partial charge in [-0.15, -0.1) is 0 Å². The van der Waals surface area contributed by atoms with Gasteiger partial charge in [-0.1, -0.05) is 146 Å². The van der Waals surface area contributed by atoms with E-state index < -0.39 is 0 Å². The number of aliphatic imine (C=N–C) groups is 2. The summed E-state index contributed by atoms with van der Waals surface area (Å²) in [6.45, 7) is 0. The molecule has 11 rings (SSSR count). The number of allylic oxidation sites excluding steroid dienone is 3. The Morgan fingerprint density at radius 1 is 0.537 bits per heavy atom. The first kappa shape index (κ1) is 30.9. The van der Waals surface area contributed by atoms with E-state index in [1.807, 2.05) is 24.3 Å². The molecular formula is C49H35N3O2. The van der Waals surface area contributed by atoms with E-state index in [0.29, 0.717) is 0 Å². The zero-order valence-electron chi connectivity index (χ0n) is 29.6. The molecule has 1 aliphatic heterocycles. The summed E-state index contributed by atoms with van der Waals surface area (Å²) in [5.74, 6) is 2.63. The Kier molecular flexibility index (Phi) is 7.12. The van der Waals surface area contributed by atoms with Crippen LogP contribution in [0, 0.1) is 0 Å². The molecule has 0 bridgehead atoms. The van der Waals surface area contributed by atoms with Gasteiger partial charge in [0.2, 0.25) is 0 Å². The van der Waals surface area contributed by atoms with Crippen LogP contribution in [0.4, 0.5) is 0 Å². The lowest BCUT2D eigenvalue weighted by atomic mass is 9.89. The predicted octanol–water partition coefficient (Wildman–Crippen LogP) is 12.0. The van der Waals surface area contributed by atoms with Gasteiger partial charge in [-0.25, -0.2) is 9.98 Å². The Balaban J connectivity index is 0.955. The maximum Gasteiger partial charge on any atom is 0.159 e. The number of fused-ring (bicyclic) bond motifs is 8. The largest absolute Gasteiger partial charge is 0.456 e. The second kappa shape index (κ2) is 12.5. The van der Waals surface area contributed by atoms with Gasteiger partial charge in [0, 0.05) is 44.0 Å². The number of para-hydroxylation sites is 2. The molecule has 6 aromatic carbocycles. The Bertz CT molecular complexity index is 2910. The summed E-state index contributed by atoms with van der Waals surface area (Å²) in [6, 6.07) is 48.8. The van der Waals surface area contributed by atoms with E-state index in [2.05, 4.69) is 133 Å². The van der Waals surface area contributed by atoms with Crippen LogP contribution in [-0.2, 0) is 12.8 Å². The highest BCUT2D eigenvalue weighted by Gasteiger charge is 2.26. The SMILES string of the molecule is C1=C(C2=NC(c3ccccc3)=NC(c3ccccc3)N2)CCC(c2cccc3c2oc2c(-c4ccc5c6c(oc5c4)-c4ccccc4CC6)cccc23)=C1. The summed E-state index contributed by atoms with van der Waals surface area (Å²) >= 11 is 0. The monoisotopic (exact) mass is 697 g/mol. The van der Waals surface area contributed by atoms with Crippen molar-refractivity contribution in [2.75, 3.05) is 0 Å². The van der Waals surface area contributed by atoms with Crippen LogP contribution in [0.5, 0.6) is 0 Å². The van der Waals surface area contributed by atoms with Gasteiger partial charge < -0.3 is 14.2 Å². The van der Waals surface area contributed by atoms with Crippen molar-refractivity contribution in [1.29, 1.82) is 0 Å². The van der Waals surface area contributed by atoms with Gasteiger partial charge in [0.1, 0.15) is 34.5 Å². The summed E-state index contributed by atoms with van der Waals surface area (Å²) in [4.78, 5) is 10.1. The van der Waals surface area contributed by atoms with Crippen molar-refractivity contribution in [2.45, 2.75) is 31.8 Å². The average Bonchev–Trinajstić information content (AvgIpc) is 3.83. The van der Waals surface area contributed by atoms with Gasteiger partial charge in [0.05, 0.1) is 0 Å². The van der Waals surface area contributed by atoms with Crippen molar-refractivity contribution in [3.8, 4) is 22.5 Å². The molecule has 258 valence electrons. The van der Waals surface area contributed by atoms with E-state index >= 15 is 0 Å². The fraction of sp³-hybridized carbons (Fsp3) is 0.102. The van der Waals surface area contributed by atoms with E-state index in [1.54, 1.807) is 0 Å². The van der Waals surface area contributed by atoms with Crippen molar-refractivity contribution in [3.63, 3.8) is 0 Å². The molecule has 0 saturated heterocycles. The number of benzene rings is 6. The first-order valence-corrected chi connectivity index (χ1v) is 18.8. The first-order valence-electron chi connectivity index (χ1n) is 18.8. The standard InChI is InChI=1S/C49H35N3O2/c1-3-12-32(13-4-1)47-50-48(33-14-5-2-6-15-33)52-49(51-47)34-23-21-31(22-24-34)37-17-9-19-40-41-20-10-18-38(46(41)54-45(37)40)35-26-27-39-42-28-25-30-11-7-8-16-36(30)44(42)53-43(39)29-35/h1-21,23,26-27,29,47H,22,24-25,28H2,(H,50,51,52). The van der Waals surface area contributed by atoms with Crippen LogP contribution >= 0.6 is 0 Å². The molecule has 0 fully saturated rings. The maximum absolute atomic E-state index is 6.89. The van der Waals surface area contributed by atoms with E-state index in [0.717, 1.165) is 98.5 Å². The zero-order chi connectivity index (χ0) is 35.6. The molecule has 0 radical (unpaired) electrons. The topological polar surface area (TPSA) is 63.0 Å². The third-order valence-electron chi connectivity index (χ3n) is 11.2. The number of nitrogens with zero attached hydrogens (tertiary/aromatic N) is 2. The number of hydrogen-bond donors (Lipinski definition) is 1. The smallest absolute Gasteiger partial charge is 0.159 e. The van der Waals surface area contributed by atoms with Gasteiger partial charge in [0.25, 0.3) is 0 Å². The van der Waals surface area contributed by atoms with Crippen LogP contribution in [-0.4, -0.2) is 11.7 Å². The first-order chi connectivity index (χ1) is 26.7. The molecule has 54 heavy (non-hydrogen) atoms. The molecule has 5 nitrogen and oxygen atoms in total. The summed E-state index contributed by atoms with van der Waals surface area (Å²) in [5, 5.41) is 7.07. The van der Waals surface area contributed by atoms with Crippen LogP contribution in [0.15, 0.2) is 176 Å². The van der Waals surface area contributed by atoms with Gasteiger partial charge in [0.15, 0.2) is 5.84 Å². The van der Waals surface area contributed by atoms with Crippen molar-refractivity contribution in [2.24, 2.45) is 9.98 Å². The minimum absolute atomic E-state index is 0.214. The molecular weight excluding hydrogens is 663 g/mol. The van der Waals surface area contributed by atoms with E-state index in [1.165, 1.54) is 33.2 Å². The molecule has 5 heteroatoms. The summed E-state index contributed by atoms with van der Waals surface area (Å²) < 4.78 is 13.5. The number of furan rings is 2. The van der Waals surface area contributed by atoms with Crippen molar-refractivity contribution in [1.82, 2.24) is 5.32 Å². The highest BCUT2D eigenvalue weighted by atomic mass is 16.3. The highest BCUT2D eigenvalue weighted by molar-refractivity contribution is 6.14. The molecule has 3 aliphatic rings. The summed E-state index contributed by atoms with van der Waals surface area (Å²) in [6.07, 6.45) is 7.99. The Hall–Kier alpha value is -6.72. The van der Waals surface area contributed by atoms with Crippen LogP contribution in [0.1, 0.15) is 46.8 Å². The van der Waals surface area contributed by atoms with Crippen LogP contribution in [0.25, 0.3) is 60.9 Å². The van der Waals surface area contributed by atoms with Gasteiger partial charge in [-0.2, -0.15) is 0 Å². The molecule has 0 spiro atoms. The molecule has 1 atom stereocenters. The highest BCUT2D eigenvalue weighted by Crippen LogP contribution is 2.44. The number of aryl methyl sites for hydroxylation is 2. The third-order valence-corrected chi connectivity index (χ3v) is 11.2. The molecule has 0 saturated carbocycles. The molecule has 2 aromatic heterocycles. The molecule has 2 aliphatic carbocycles. The van der Waals surface area contributed by atoms with Crippen molar-refractivity contribution < 1.29 is 8.83 Å². The Morgan fingerprint density at radius 3 is 2.06 bits per heavy atom. The van der Waals surface area contributed by atoms with Crippen molar-refractivity contribution >= 4 is 50.2 Å². The van der Waals surface area contributed by atoms with Crippen LogP contribution < -0.4 is 5.32 Å². The zero-order valence-corrected chi connectivity index (χ0v) is 29.6. The van der Waals surface area contributed by atoms with Crippen molar-refractivity contribution in [3.05, 3.63) is 185 Å². The van der Waals surface area contributed by atoms with E-state index in [9.17, 15) is 0 Å². The lowest BCUT2D eigenvalue weighted by Gasteiger charge is -2.26. The van der Waals surface area contributed by atoms with Gasteiger partial charge in [-0.05, 0) is 59.6 Å². The van der Waals surface area contributed by atoms with E-state index in [-0.39, 0.29) is 6.17 Å². The fourth-order valence-corrected chi connectivity index (χ4v) is 8.50. The number of hydrogen-bond acceptors (Lipinski definition) is 5. The second-order valence-electron chi connectivity index (χ2n) is 14.4. The minimum Gasteiger partial charge on any atom is -0.456 e.